The van der Waals surface area contributed by atoms with Gasteiger partial charge in [0.25, 0.3) is 0 Å². The third-order valence-electron chi connectivity index (χ3n) is 4.28. The van der Waals surface area contributed by atoms with Crippen molar-refractivity contribution in [2.24, 2.45) is 0 Å². The number of hydrogen-bond donors (Lipinski definition) is 0. The van der Waals surface area contributed by atoms with Gasteiger partial charge in [-0.1, -0.05) is 32.9 Å². The second-order valence-electron chi connectivity index (χ2n) is 7.54. The van der Waals surface area contributed by atoms with Crippen molar-refractivity contribution < 1.29 is 18.7 Å². The Morgan fingerprint density at radius 3 is 2.46 bits per heavy atom. The zero-order chi connectivity index (χ0) is 18.8. The number of carbonyl (C=O) groups excluding carboxylic acids is 1. The fraction of sp³-hybridized carbons (Fsp3) is 0.778. The van der Waals surface area contributed by atoms with E-state index in [0.717, 1.165) is 4.74 Å². The van der Waals surface area contributed by atoms with Crippen LogP contribution in [-0.2, 0) is 14.0 Å². The van der Waals surface area contributed by atoms with E-state index < -0.39 is 8.32 Å². The Kier molecular flexibility index (Phi) is 10.2. The normalized spacial score (nSPS) is 14.9. The largest absolute Gasteiger partial charge is 0.624 e. The molecule has 0 aromatic heterocycles. The van der Waals surface area contributed by atoms with Crippen LogP contribution in [0.2, 0.25) is 18.1 Å². The summed E-state index contributed by atoms with van der Waals surface area (Å²) >= 11 is 0. The van der Waals surface area contributed by atoms with E-state index in [1.165, 1.54) is 6.92 Å². The molecule has 1 atom stereocenters. The number of carbonyl (C=O) groups is 1. The van der Waals surface area contributed by atoms with E-state index in [0.29, 0.717) is 32.4 Å². The molecule has 5 nitrogen and oxygen atoms in total. The number of rotatable bonds is 10. The molecule has 0 saturated carbocycles. The minimum atomic E-state index is -1.85. The van der Waals surface area contributed by atoms with Crippen molar-refractivity contribution in [3.8, 4) is 0 Å². The summed E-state index contributed by atoms with van der Waals surface area (Å²) in [5, 5.41) is 12.0. The minimum Gasteiger partial charge on any atom is -0.624 e. The van der Waals surface area contributed by atoms with Crippen LogP contribution in [0, 0.1) is 5.21 Å². The van der Waals surface area contributed by atoms with Crippen LogP contribution >= 0.6 is 0 Å². The fourth-order valence-corrected chi connectivity index (χ4v) is 3.15. The molecular formula is C18H35NO4Si. The van der Waals surface area contributed by atoms with Gasteiger partial charge in [0.05, 0.1) is 12.7 Å². The maximum Gasteiger partial charge on any atom is 0.302 e. The van der Waals surface area contributed by atoms with Gasteiger partial charge in [-0.3, -0.25) is 4.79 Å². The van der Waals surface area contributed by atoms with Crippen LogP contribution < -0.4 is 0 Å². The zero-order valence-electron chi connectivity index (χ0n) is 16.4. The molecule has 0 rings (SSSR count). The molecule has 0 N–H and O–H groups in total. The molecule has 0 aromatic carbocycles. The van der Waals surface area contributed by atoms with Crippen molar-refractivity contribution >= 4 is 20.5 Å². The van der Waals surface area contributed by atoms with Crippen LogP contribution in [0.25, 0.3) is 0 Å². The zero-order valence-corrected chi connectivity index (χ0v) is 17.4. The molecule has 0 aromatic rings. The summed E-state index contributed by atoms with van der Waals surface area (Å²) in [6.45, 7) is 15.2. The first-order valence-corrected chi connectivity index (χ1v) is 11.6. The molecule has 0 aliphatic rings. The van der Waals surface area contributed by atoms with Gasteiger partial charge in [-0.15, -0.1) is 0 Å². The van der Waals surface area contributed by atoms with Crippen LogP contribution in [0.5, 0.6) is 0 Å². The van der Waals surface area contributed by atoms with Crippen molar-refractivity contribution in [1.29, 1.82) is 0 Å². The van der Waals surface area contributed by atoms with Gasteiger partial charge in [-0.25, -0.2) is 4.74 Å². The topological polar surface area (TPSA) is 61.6 Å². The highest BCUT2D eigenvalue weighted by Crippen LogP contribution is 2.37. The minimum absolute atomic E-state index is 0.0261. The molecule has 0 saturated heterocycles. The van der Waals surface area contributed by atoms with Gasteiger partial charge >= 0.3 is 5.97 Å². The highest BCUT2D eigenvalue weighted by molar-refractivity contribution is 6.74. The number of hydrogen-bond acceptors (Lipinski definition) is 4. The van der Waals surface area contributed by atoms with Gasteiger partial charge in [0, 0.05) is 19.8 Å². The molecule has 0 heterocycles. The Morgan fingerprint density at radius 2 is 1.96 bits per heavy atom. The van der Waals surface area contributed by atoms with Crippen molar-refractivity contribution in [2.45, 2.75) is 78.1 Å². The van der Waals surface area contributed by atoms with Gasteiger partial charge in [0.15, 0.2) is 21.1 Å². The lowest BCUT2D eigenvalue weighted by Gasteiger charge is -2.38. The summed E-state index contributed by atoms with van der Waals surface area (Å²) in [7, 11) is -1.85. The van der Waals surface area contributed by atoms with Gasteiger partial charge in [-0.2, -0.15) is 0 Å². The second kappa shape index (κ2) is 10.7. The second-order valence-corrected chi connectivity index (χ2v) is 12.3. The highest BCUT2D eigenvalue weighted by atomic mass is 28.4. The lowest BCUT2D eigenvalue weighted by Crippen LogP contribution is -2.43. The fourth-order valence-electron chi connectivity index (χ4n) is 1.84. The summed E-state index contributed by atoms with van der Waals surface area (Å²) in [5.74, 6) is -0.286. The Balaban J connectivity index is 4.41. The molecule has 6 heteroatoms. The third-order valence-corrected chi connectivity index (χ3v) is 8.78. The average Bonchev–Trinajstić information content (AvgIpc) is 2.42. The molecule has 0 amide bonds. The van der Waals surface area contributed by atoms with Crippen molar-refractivity contribution in [3.05, 3.63) is 17.4 Å². The predicted octanol–water partition coefficient (Wildman–Crippen LogP) is 4.27. The molecule has 0 bridgehead atoms. The Bertz CT molecular complexity index is 439. The van der Waals surface area contributed by atoms with Crippen molar-refractivity contribution in [2.75, 3.05) is 13.2 Å². The molecular weight excluding hydrogens is 322 g/mol. The molecule has 0 aliphatic heterocycles. The molecule has 0 aliphatic carbocycles. The lowest BCUT2D eigenvalue weighted by molar-refractivity contribution is -0.455. The molecule has 1 unspecified atom stereocenters. The molecule has 0 fully saturated rings. The molecule has 24 heavy (non-hydrogen) atoms. The van der Waals surface area contributed by atoms with Crippen LogP contribution in [0.4, 0.5) is 0 Å². The Hall–Kier alpha value is -1.14. The van der Waals surface area contributed by atoms with Crippen LogP contribution in [0.3, 0.4) is 0 Å². The maximum atomic E-state index is 11.9. The molecule has 0 spiro atoms. The molecule has 0 radical (unpaired) electrons. The lowest BCUT2D eigenvalue weighted by atomic mass is 10.2. The quantitative estimate of drug-likeness (QED) is 0.0856. The van der Waals surface area contributed by atoms with Crippen molar-refractivity contribution in [3.63, 3.8) is 0 Å². The first-order valence-electron chi connectivity index (χ1n) is 8.70. The number of allylic oxidation sites excluding steroid dienone is 1. The van der Waals surface area contributed by atoms with Gasteiger partial charge in [0.1, 0.15) is 0 Å². The smallest absolute Gasteiger partial charge is 0.302 e. The van der Waals surface area contributed by atoms with Crippen molar-refractivity contribution in [1.82, 2.24) is 0 Å². The van der Waals surface area contributed by atoms with E-state index in [-0.39, 0.29) is 17.1 Å². The van der Waals surface area contributed by atoms with Gasteiger partial charge < -0.3 is 14.4 Å². The number of hydroxylamine groups is 1. The van der Waals surface area contributed by atoms with E-state index in [9.17, 15) is 10.0 Å². The van der Waals surface area contributed by atoms with Crippen LogP contribution in [0.15, 0.2) is 12.2 Å². The summed E-state index contributed by atoms with van der Waals surface area (Å²) in [6.07, 6.45) is 7.54. The van der Waals surface area contributed by atoms with E-state index in [4.69, 9.17) is 9.16 Å². The van der Waals surface area contributed by atoms with E-state index in [2.05, 4.69) is 33.9 Å². The number of nitrogens with zero attached hydrogens (tertiary/aromatic N) is 1. The van der Waals surface area contributed by atoms with E-state index >= 15 is 0 Å². The third kappa shape index (κ3) is 9.88. The number of ether oxygens (including phenoxy) is 1. The first kappa shape index (κ1) is 22.9. The summed E-state index contributed by atoms with van der Waals surface area (Å²) in [5.41, 5.74) is 0. The van der Waals surface area contributed by atoms with E-state index in [1.54, 1.807) is 6.21 Å². The van der Waals surface area contributed by atoms with Gasteiger partial charge in [0.2, 0.25) is 0 Å². The van der Waals surface area contributed by atoms with Crippen LogP contribution in [0.1, 0.15) is 53.9 Å². The van der Waals surface area contributed by atoms with E-state index in [1.807, 2.05) is 19.1 Å². The van der Waals surface area contributed by atoms with Gasteiger partial charge in [-0.05, 0) is 31.5 Å². The Morgan fingerprint density at radius 1 is 1.33 bits per heavy atom. The first-order chi connectivity index (χ1) is 11.0. The van der Waals surface area contributed by atoms with Crippen LogP contribution in [-0.4, -0.2) is 44.5 Å². The number of unbranched alkanes of at least 4 members (excludes halogenated alkanes) is 1. The summed E-state index contributed by atoms with van der Waals surface area (Å²) in [6, 6.07) is 0. The SMILES string of the molecule is C/C=C/C(CC/[N+]([O-])=C/CCCOC(C)=O)O[Si](C)(C)C(C)(C)C. The highest BCUT2D eigenvalue weighted by Gasteiger charge is 2.38. The summed E-state index contributed by atoms with van der Waals surface area (Å²) in [4.78, 5) is 10.6. The standard InChI is InChI=1S/C18H35NO4Si/c1-8-11-17(23-24(6,7)18(3,4)5)12-14-19(21)13-9-10-15-22-16(2)20/h8,11,13,17H,9-10,12,14-15H2,1-7H3/b11-8+,19-13-. The summed E-state index contributed by atoms with van der Waals surface area (Å²) < 4.78 is 12.2. The maximum absolute atomic E-state index is 11.9. The Labute approximate surface area is 148 Å². The predicted molar refractivity (Wildman–Crippen MR) is 102 cm³/mol. The number of esters is 1. The monoisotopic (exact) mass is 357 g/mol. The molecule has 140 valence electrons. The average molecular weight is 358 g/mol.